The Labute approximate surface area is 114 Å². The SMILES string of the molecule is C=CCN(CC=C)Cc1cccn1-c1cccnc1. The molecule has 3 heteroatoms. The van der Waals surface area contributed by atoms with E-state index in [4.69, 9.17) is 0 Å². The van der Waals surface area contributed by atoms with Gasteiger partial charge in [0.1, 0.15) is 0 Å². The average molecular weight is 253 g/mol. The van der Waals surface area contributed by atoms with Crippen molar-refractivity contribution in [2.45, 2.75) is 6.54 Å². The van der Waals surface area contributed by atoms with Crippen LogP contribution in [0.1, 0.15) is 5.69 Å². The predicted octanol–water partition coefficient (Wildman–Crippen LogP) is 3.05. The number of aromatic nitrogens is 2. The van der Waals surface area contributed by atoms with Crippen molar-refractivity contribution in [3.05, 3.63) is 73.9 Å². The Balaban J connectivity index is 2.19. The number of hydrogen-bond donors (Lipinski definition) is 0. The van der Waals surface area contributed by atoms with E-state index in [1.165, 1.54) is 5.69 Å². The van der Waals surface area contributed by atoms with Gasteiger partial charge in [-0.1, -0.05) is 12.2 Å². The monoisotopic (exact) mass is 253 g/mol. The Morgan fingerprint density at radius 3 is 2.58 bits per heavy atom. The van der Waals surface area contributed by atoms with Crippen LogP contribution in [0.2, 0.25) is 0 Å². The van der Waals surface area contributed by atoms with Crippen LogP contribution in [0.3, 0.4) is 0 Å². The highest BCUT2D eigenvalue weighted by Crippen LogP contribution is 2.13. The minimum absolute atomic E-state index is 0.851. The number of pyridine rings is 1. The van der Waals surface area contributed by atoms with E-state index < -0.39 is 0 Å². The summed E-state index contributed by atoms with van der Waals surface area (Å²) in [6.07, 6.45) is 9.55. The maximum Gasteiger partial charge on any atom is 0.0636 e. The molecule has 0 aliphatic rings. The quantitative estimate of drug-likeness (QED) is 0.707. The first-order valence-corrected chi connectivity index (χ1v) is 6.36. The van der Waals surface area contributed by atoms with Gasteiger partial charge in [-0.3, -0.25) is 9.88 Å². The van der Waals surface area contributed by atoms with Gasteiger partial charge in [0.2, 0.25) is 0 Å². The van der Waals surface area contributed by atoms with E-state index in [2.05, 4.69) is 52.0 Å². The topological polar surface area (TPSA) is 21.1 Å². The van der Waals surface area contributed by atoms with Gasteiger partial charge in [0, 0.05) is 37.7 Å². The molecule has 0 amide bonds. The summed E-state index contributed by atoms with van der Waals surface area (Å²) in [7, 11) is 0. The van der Waals surface area contributed by atoms with Crippen LogP contribution >= 0.6 is 0 Å². The van der Waals surface area contributed by atoms with Crippen molar-refractivity contribution in [2.24, 2.45) is 0 Å². The van der Waals surface area contributed by atoms with Gasteiger partial charge in [0.25, 0.3) is 0 Å². The zero-order valence-corrected chi connectivity index (χ0v) is 11.1. The summed E-state index contributed by atoms with van der Waals surface area (Å²) in [5.41, 5.74) is 2.32. The molecule has 0 aliphatic carbocycles. The molecule has 2 aromatic rings. The molecule has 2 rings (SSSR count). The normalized spacial score (nSPS) is 10.6. The zero-order valence-electron chi connectivity index (χ0n) is 11.1. The van der Waals surface area contributed by atoms with Crippen molar-refractivity contribution in [2.75, 3.05) is 13.1 Å². The van der Waals surface area contributed by atoms with E-state index >= 15 is 0 Å². The van der Waals surface area contributed by atoms with E-state index in [-0.39, 0.29) is 0 Å². The molecular weight excluding hydrogens is 234 g/mol. The Bertz CT molecular complexity index is 518. The third-order valence-corrected chi connectivity index (χ3v) is 2.92. The van der Waals surface area contributed by atoms with Gasteiger partial charge < -0.3 is 4.57 Å². The van der Waals surface area contributed by atoms with Gasteiger partial charge in [0.05, 0.1) is 11.9 Å². The fourth-order valence-electron chi connectivity index (χ4n) is 2.09. The smallest absolute Gasteiger partial charge is 0.0636 e. The minimum atomic E-state index is 0.851. The summed E-state index contributed by atoms with van der Waals surface area (Å²) in [6.45, 7) is 10.2. The predicted molar refractivity (Wildman–Crippen MR) is 79.2 cm³/mol. The highest BCUT2D eigenvalue weighted by molar-refractivity contribution is 5.32. The Morgan fingerprint density at radius 1 is 1.16 bits per heavy atom. The maximum absolute atomic E-state index is 4.17. The molecule has 3 nitrogen and oxygen atoms in total. The van der Waals surface area contributed by atoms with E-state index in [1.807, 2.05) is 24.4 Å². The second-order valence-electron chi connectivity index (χ2n) is 4.35. The molecule has 98 valence electrons. The molecule has 0 N–H and O–H groups in total. The van der Waals surface area contributed by atoms with Gasteiger partial charge in [-0.05, 0) is 24.3 Å². The van der Waals surface area contributed by atoms with Crippen LogP contribution in [0.5, 0.6) is 0 Å². The molecule has 0 radical (unpaired) electrons. The second-order valence-corrected chi connectivity index (χ2v) is 4.35. The third-order valence-electron chi connectivity index (χ3n) is 2.92. The molecule has 0 aliphatic heterocycles. The highest BCUT2D eigenvalue weighted by Gasteiger charge is 2.07. The van der Waals surface area contributed by atoms with Crippen LogP contribution in [0.25, 0.3) is 5.69 Å². The maximum atomic E-state index is 4.17. The van der Waals surface area contributed by atoms with E-state index in [0.717, 1.165) is 25.3 Å². The summed E-state index contributed by atoms with van der Waals surface area (Å²) < 4.78 is 2.16. The van der Waals surface area contributed by atoms with Gasteiger partial charge in [-0.2, -0.15) is 0 Å². The molecule has 0 aromatic carbocycles. The van der Waals surface area contributed by atoms with Gasteiger partial charge in [-0.15, -0.1) is 13.2 Å². The first kappa shape index (κ1) is 13.3. The Morgan fingerprint density at radius 2 is 1.95 bits per heavy atom. The molecule has 2 heterocycles. The van der Waals surface area contributed by atoms with Crippen molar-refractivity contribution < 1.29 is 0 Å². The fourth-order valence-corrected chi connectivity index (χ4v) is 2.09. The van der Waals surface area contributed by atoms with Crippen molar-refractivity contribution in [1.29, 1.82) is 0 Å². The lowest BCUT2D eigenvalue weighted by molar-refractivity contribution is 0.321. The van der Waals surface area contributed by atoms with Gasteiger partial charge in [0.15, 0.2) is 0 Å². The van der Waals surface area contributed by atoms with Crippen LogP contribution in [-0.2, 0) is 6.54 Å². The molecule has 0 spiro atoms. The molecule has 0 saturated carbocycles. The summed E-state index contributed by atoms with van der Waals surface area (Å²) in [5.74, 6) is 0. The molecule has 0 fully saturated rings. The highest BCUT2D eigenvalue weighted by atomic mass is 15.1. The molecule has 0 saturated heterocycles. The molecule has 19 heavy (non-hydrogen) atoms. The first-order chi connectivity index (χ1) is 9.35. The Kier molecular flexibility index (Phi) is 4.70. The van der Waals surface area contributed by atoms with Crippen LogP contribution in [0.15, 0.2) is 68.2 Å². The molecule has 0 atom stereocenters. The molecule has 2 aromatic heterocycles. The molecule has 0 bridgehead atoms. The molecular formula is C16H19N3. The summed E-state index contributed by atoms with van der Waals surface area (Å²) in [6, 6.07) is 8.20. The van der Waals surface area contributed by atoms with E-state index in [9.17, 15) is 0 Å². The number of nitrogens with zero attached hydrogens (tertiary/aromatic N) is 3. The lowest BCUT2D eigenvalue weighted by atomic mass is 10.3. The first-order valence-electron chi connectivity index (χ1n) is 6.36. The molecule has 0 unspecified atom stereocenters. The van der Waals surface area contributed by atoms with Crippen LogP contribution in [0, 0.1) is 0 Å². The second kappa shape index (κ2) is 6.71. The van der Waals surface area contributed by atoms with Crippen molar-refractivity contribution in [3.8, 4) is 5.69 Å². The van der Waals surface area contributed by atoms with E-state index in [1.54, 1.807) is 6.20 Å². The standard InChI is InChI=1S/C16H19N3/c1-3-10-18(11-4-2)14-16-8-6-12-19(16)15-7-5-9-17-13-15/h3-9,12-13H,1-2,10-11,14H2. The largest absolute Gasteiger partial charge is 0.318 e. The minimum Gasteiger partial charge on any atom is -0.318 e. The van der Waals surface area contributed by atoms with Gasteiger partial charge in [-0.25, -0.2) is 0 Å². The zero-order chi connectivity index (χ0) is 13.5. The van der Waals surface area contributed by atoms with Crippen LogP contribution in [-0.4, -0.2) is 27.5 Å². The van der Waals surface area contributed by atoms with Crippen LogP contribution in [0.4, 0.5) is 0 Å². The van der Waals surface area contributed by atoms with Gasteiger partial charge >= 0.3 is 0 Å². The Hall–Kier alpha value is -2.13. The fraction of sp³-hybridized carbons (Fsp3) is 0.188. The average Bonchev–Trinajstić information content (AvgIpc) is 2.88. The van der Waals surface area contributed by atoms with Crippen molar-refractivity contribution in [1.82, 2.24) is 14.5 Å². The lowest BCUT2D eigenvalue weighted by Gasteiger charge is -2.20. The summed E-state index contributed by atoms with van der Waals surface area (Å²) in [4.78, 5) is 6.45. The summed E-state index contributed by atoms with van der Waals surface area (Å²) >= 11 is 0. The van der Waals surface area contributed by atoms with Crippen molar-refractivity contribution in [3.63, 3.8) is 0 Å². The lowest BCUT2D eigenvalue weighted by Crippen LogP contribution is -2.24. The van der Waals surface area contributed by atoms with E-state index in [0.29, 0.717) is 0 Å². The number of hydrogen-bond acceptors (Lipinski definition) is 2. The van der Waals surface area contributed by atoms with Crippen molar-refractivity contribution >= 4 is 0 Å². The summed E-state index contributed by atoms with van der Waals surface area (Å²) in [5, 5.41) is 0. The number of rotatable bonds is 7. The third kappa shape index (κ3) is 3.42. The van der Waals surface area contributed by atoms with Crippen LogP contribution < -0.4 is 0 Å².